The van der Waals surface area contributed by atoms with Gasteiger partial charge in [0.2, 0.25) is 18.2 Å². The van der Waals surface area contributed by atoms with E-state index in [1.807, 2.05) is 36.4 Å². The number of carbonyl (C=O) groups is 3. The monoisotopic (exact) mass is 395 g/mol. The van der Waals surface area contributed by atoms with Crippen molar-refractivity contribution in [3.63, 3.8) is 0 Å². The zero-order chi connectivity index (χ0) is 20.9. The van der Waals surface area contributed by atoms with Crippen LogP contribution >= 0.6 is 0 Å². The summed E-state index contributed by atoms with van der Waals surface area (Å²) in [6.45, 7) is 5.00. The number of anilines is 1. The highest BCUT2D eigenvalue weighted by atomic mass is 16.5. The second kappa shape index (κ2) is 8.77. The Kier molecular flexibility index (Phi) is 6.16. The molecule has 0 radical (unpaired) electrons. The first-order valence-corrected chi connectivity index (χ1v) is 9.54. The Morgan fingerprint density at radius 3 is 2.24 bits per heavy atom. The normalized spacial score (nSPS) is 14.3. The second-order valence-corrected chi connectivity index (χ2v) is 7.42. The van der Waals surface area contributed by atoms with Crippen LogP contribution in [0, 0.1) is 5.41 Å². The van der Waals surface area contributed by atoms with Gasteiger partial charge < -0.3 is 19.9 Å². The molecule has 152 valence electrons. The van der Waals surface area contributed by atoms with Crippen molar-refractivity contribution in [3.05, 3.63) is 54.6 Å². The summed E-state index contributed by atoms with van der Waals surface area (Å²) >= 11 is 0. The Morgan fingerprint density at radius 2 is 1.59 bits per heavy atom. The largest absolute Gasteiger partial charge is 0.455 e. The molecule has 1 heterocycles. The van der Waals surface area contributed by atoms with Gasteiger partial charge in [-0.2, -0.15) is 0 Å². The number of hydrogen-bond donors (Lipinski definition) is 1. The van der Waals surface area contributed by atoms with Crippen molar-refractivity contribution in [3.8, 4) is 11.5 Å². The molecule has 7 nitrogen and oxygen atoms in total. The number of carbonyl (C=O) groups excluding carboxylic acids is 3. The molecule has 0 bridgehead atoms. The highest BCUT2D eigenvalue weighted by Crippen LogP contribution is 2.31. The standard InChI is InChI=1S/C22H25N3O4/c1-22(2,21(28)25-14-12-24(16-26)13-15-25)20(27)23-18-10-6-7-11-19(18)29-17-8-4-3-5-9-17/h3-11,16H,12-15H2,1-2H3,(H,23,27). The number of para-hydroxylation sites is 3. The molecule has 0 saturated carbocycles. The Labute approximate surface area is 170 Å². The molecular weight excluding hydrogens is 370 g/mol. The maximum atomic E-state index is 13.0. The van der Waals surface area contributed by atoms with Crippen molar-refractivity contribution in [2.75, 3.05) is 31.5 Å². The van der Waals surface area contributed by atoms with Crippen LogP contribution in [0.25, 0.3) is 0 Å². The molecule has 3 amide bonds. The van der Waals surface area contributed by atoms with Gasteiger partial charge in [-0.25, -0.2) is 0 Å². The zero-order valence-corrected chi connectivity index (χ0v) is 16.6. The average Bonchev–Trinajstić information content (AvgIpc) is 2.75. The fourth-order valence-corrected chi connectivity index (χ4v) is 3.08. The highest BCUT2D eigenvalue weighted by Gasteiger charge is 2.40. The smallest absolute Gasteiger partial charge is 0.239 e. The summed E-state index contributed by atoms with van der Waals surface area (Å²) in [6.07, 6.45) is 0.781. The fourth-order valence-electron chi connectivity index (χ4n) is 3.08. The Balaban J connectivity index is 1.70. The van der Waals surface area contributed by atoms with Crippen LogP contribution in [0.2, 0.25) is 0 Å². The van der Waals surface area contributed by atoms with E-state index in [1.54, 1.807) is 41.8 Å². The van der Waals surface area contributed by atoms with Crippen molar-refractivity contribution in [1.29, 1.82) is 0 Å². The first-order chi connectivity index (χ1) is 13.9. The van der Waals surface area contributed by atoms with Gasteiger partial charge in [-0.15, -0.1) is 0 Å². The predicted octanol–water partition coefficient (Wildman–Crippen LogP) is 2.74. The van der Waals surface area contributed by atoms with Crippen LogP contribution in [-0.2, 0) is 14.4 Å². The summed E-state index contributed by atoms with van der Waals surface area (Å²) in [6, 6.07) is 16.4. The predicted molar refractivity (Wildman–Crippen MR) is 110 cm³/mol. The quantitative estimate of drug-likeness (QED) is 0.603. The Morgan fingerprint density at radius 1 is 0.966 bits per heavy atom. The molecule has 7 heteroatoms. The van der Waals surface area contributed by atoms with Gasteiger partial charge in [-0.3, -0.25) is 14.4 Å². The molecule has 2 aromatic rings. The van der Waals surface area contributed by atoms with Crippen molar-refractivity contribution in [2.24, 2.45) is 5.41 Å². The molecule has 0 atom stereocenters. The van der Waals surface area contributed by atoms with E-state index in [4.69, 9.17) is 4.74 Å². The summed E-state index contributed by atoms with van der Waals surface area (Å²) in [5.41, 5.74) is -0.767. The van der Waals surface area contributed by atoms with Crippen molar-refractivity contribution < 1.29 is 19.1 Å². The van der Waals surface area contributed by atoms with Crippen LogP contribution in [0.3, 0.4) is 0 Å². The molecule has 0 aliphatic carbocycles. The Bertz CT molecular complexity index is 875. The van der Waals surface area contributed by atoms with Gasteiger partial charge in [0.1, 0.15) is 11.2 Å². The number of ether oxygens (including phenoxy) is 1. The SMILES string of the molecule is CC(C)(C(=O)Nc1ccccc1Oc1ccccc1)C(=O)N1CCN(C=O)CC1. The van der Waals surface area contributed by atoms with E-state index in [0.717, 1.165) is 6.41 Å². The molecule has 0 spiro atoms. The third-order valence-corrected chi connectivity index (χ3v) is 4.96. The summed E-state index contributed by atoms with van der Waals surface area (Å²) in [7, 11) is 0. The molecule has 3 rings (SSSR count). The first kappa shape index (κ1) is 20.4. The lowest BCUT2D eigenvalue weighted by atomic mass is 9.89. The highest BCUT2D eigenvalue weighted by molar-refractivity contribution is 6.10. The third-order valence-electron chi connectivity index (χ3n) is 4.96. The molecule has 1 N–H and O–H groups in total. The van der Waals surface area contributed by atoms with E-state index in [1.165, 1.54) is 0 Å². The molecule has 1 aliphatic heterocycles. The van der Waals surface area contributed by atoms with Gasteiger partial charge in [0.25, 0.3) is 0 Å². The number of benzene rings is 2. The van der Waals surface area contributed by atoms with Gasteiger partial charge in [0.05, 0.1) is 5.69 Å². The van der Waals surface area contributed by atoms with E-state index in [0.29, 0.717) is 43.4 Å². The Hall–Kier alpha value is -3.35. The van der Waals surface area contributed by atoms with Crippen molar-refractivity contribution in [2.45, 2.75) is 13.8 Å². The zero-order valence-electron chi connectivity index (χ0n) is 16.6. The number of rotatable bonds is 6. The fraction of sp³-hybridized carbons (Fsp3) is 0.318. The average molecular weight is 395 g/mol. The number of hydrogen-bond acceptors (Lipinski definition) is 4. The molecule has 2 aromatic carbocycles. The number of nitrogens with one attached hydrogen (secondary N) is 1. The summed E-state index contributed by atoms with van der Waals surface area (Å²) < 4.78 is 5.88. The van der Waals surface area contributed by atoms with E-state index < -0.39 is 11.3 Å². The van der Waals surface area contributed by atoms with Crippen LogP contribution in [0.4, 0.5) is 5.69 Å². The maximum absolute atomic E-state index is 13.0. The van der Waals surface area contributed by atoms with E-state index in [-0.39, 0.29) is 5.91 Å². The van der Waals surface area contributed by atoms with Gasteiger partial charge in [-0.05, 0) is 38.1 Å². The number of amides is 3. The van der Waals surface area contributed by atoms with E-state index in [2.05, 4.69) is 5.32 Å². The minimum atomic E-state index is -1.26. The van der Waals surface area contributed by atoms with Crippen molar-refractivity contribution >= 4 is 23.9 Å². The molecule has 0 aromatic heterocycles. The minimum Gasteiger partial charge on any atom is -0.455 e. The lowest BCUT2D eigenvalue weighted by Gasteiger charge is -2.36. The topological polar surface area (TPSA) is 79.0 Å². The molecule has 1 aliphatic rings. The van der Waals surface area contributed by atoms with Crippen LogP contribution in [0.1, 0.15) is 13.8 Å². The van der Waals surface area contributed by atoms with Crippen molar-refractivity contribution in [1.82, 2.24) is 9.80 Å². The van der Waals surface area contributed by atoms with Crippen LogP contribution in [0.15, 0.2) is 54.6 Å². The molecule has 1 fully saturated rings. The molecule has 0 unspecified atom stereocenters. The van der Waals surface area contributed by atoms with Gasteiger partial charge in [0.15, 0.2) is 5.75 Å². The summed E-state index contributed by atoms with van der Waals surface area (Å²) in [4.78, 5) is 40.0. The molecule has 29 heavy (non-hydrogen) atoms. The third kappa shape index (κ3) is 4.74. The van der Waals surface area contributed by atoms with Crippen LogP contribution in [0.5, 0.6) is 11.5 Å². The van der Waals surface area contributed by atoms with E-state index >= 15 is 0 Å². The van der Waals surface area contributed by atoms with Gasteiger partial charge in [0, 0.05) is 26.2 Å². The second-order valence-electron chi connectivity index (χ2n) is 7.42. The van der Waals surface area contributed by atoms with Crippen LogP contribution < -0.4 is 10.1 Å². The number of nitrogens with zero attached hydrogens (tertiary/aromatic N) is 2. The lowest BCUT2D eigenvalue weighted by Crippen LogP contribution is -2.54. The number of piperazine rings is 1. The summed E-state index contributed by atoms with van der Waals surface area (Å²) in [5, 5.41) is 2.83. The van der Waals surface area contributed by atoms with Gasteiger partial charge >= 0.3 is 0 Å². The summed E-state index contributed by atoms with van der Waals surface area (Å²) in [5.74, 6) is 0.471. The molecule has 1 saturated heterocycles. The minimum absolute atomic E-state index is 0.262. The molecular formula is C22H25N3O4. The lowest BCUT2D eigenvalue weighted by molar-refractivity contribution is -0.148. The van der Waals surface area contributed by atoms with E-state index in [9.17, 15) is 14.4 Å². The first-order valence-electron chi connectivity index (χ1n) is 9.54. The van der Waals surface area contributed by atoms with Gasteiger partial charge in [-0.1, -0.05) is 30.3 Å². The maximum Gasteiger partial charge on any atom is 0.239 e. The van der Waals surface area contributed by atoms with Crippen LogP contribution in [-0.4, -0.2) is 54.2 Å².